The zero-order valence-corrected chi connectivity index (χ0v) is 14.2. The van der Waals surface area contributed by atoms with E-state index in [4.69, 9.17) is 16.0 Å². The Morgan fingerprint density at radius 3 is 2.79 bits per heavy atom. The predicted octanol–water partition coefficient (Wildman–Crippen LogP) is 5.02. The molecule has 2 heterocycles. The number of hydrogen-bond acceptors (Lipinski definition) is 3. The highest BCUT2D eigenvalue weighted by Crippen LogP contribution is 2.29. The minimum Gasteiger partial charge on any atom is -0.457 e. The molecule has 0 spiro atoms. The minimum absolute atomic E-state index is 0.0945. The number of rotatable bonds is 5. The van der Waals surface area contributed by atoms with E-state index in [0.29, 0.717) is 22.1 Å². The molecule has 0 amide bonds. The summed E-state index contributed by atoms with van der Waals surface area (Å²) in [5.41, 5.74) is 2.15. The zero-order valence-electron chi connectivity index (χ0n) is 13.5. The highest BCUT2D eigenvalue weighted by molar-refractivity contribution is 6.33. The number of aromatic nitrogens is 2. The highest BCUT2D eigenvalue weighted by atomic mass is 35.5. The second-order valence-electron chi connectivity index (χ2n) is 5.36. The van der Waals surface area contributed by atoms with Crippen molar-refractivity contribution in [3.05, 3.63) is 70.7 Å². The Labute approximate surface area is 145 Å². The van der Waals surface area contributed by atoms with Gasteiger partial charge in [-0.15, -0.1) is 0 Å². The first-order valence-electron chi connectivity index (χ1n) is 7.69. The number of carbonyl (C=O) groups excluding carboxylic acids is 1. The van der Waals surface area contributed by atoms with Gasteiger partial charge in [0.1, 0.15) is 11.5 Å². The van der Waals surface area contributed by atoms with E-state index in [2.05, 4.69) is 5.10 Å². The molecular formula is C19H17ClN2O2. The molecule has 0 saturated heterocycles. The molecule has 0 unspecified atom stereocenters. The van der Waals surface area contributed by atoms with Crippen LogP contribution in [0.25, 0.3) is 17.4 Å². The van der Waals surface area contributed by atoms with E-state index in [0.717, 1.165) is 17.8 Å². The van der Waals surface area contributed by atoms with E-state index in [1.54, 1.807) is 17.0 Å². The fraction of sp³-hybridized carbons (Fsp3) is 0.158. The molecule has 0 N–H and O–H groups in total. The third kappa shape index (κ3) is 3.34. The topological polar surface area (TPSA) is 48.0 Å². The van der Waals surface area contributed by atoms with E-state index >= 15 is 0 Å². The molecule has 3 aromatic rings. The number of nitrogens with zero attached hydrogens (tertiary/aromatic N) is 2. The number of benzene rings is 1. The summed E-state index contributed by atoms with van der Waals surface area (Å²) in [5, 5.41) is 4.91. The summed E-state index contributed by atoms with van der Waals surface area (Å²) in [6, 6.07) is 11.1. The largest absolute Gasteiger partial charge is 0.457 e. The van der Waals surface area contributed by atoms with Crippen molar-refractivity contribution in [1.29, 1.82) is 0 Å². The monoisotopic (exact) mass is 340 g/mol. The summed E-state index contributed by atoms with van der Waals surface area (Å²) < 4.78 is 7.50. The van der Waals surface area contributed by atoms with E-state index in [-0.39, 0.29) is 5.78 Å². The fourth-order valence-corrected chi connectivity index (χ4v) is 2.65. The molecule has 0 bridgehead atoms. The molecular weight excluding hydrogens is 324 g/mol. The normalized spacial score (nSPS) is 11.3. The van der Waals surface area contributed by atoms with Crippen molar-refractivity contribution in [2.45, 2.75) is 20.4 Å². The van der Waals surface area contributed by atoms with Gasteiger partial charge in [0.2, 0.25) is 0 Å². The third-order valence-electron chi connectivity index (χ3n) is 3.70. The average Bonchev–Trinajstić information content (AvgIpc) is 3.19. The molecule has 0 saturated carbocycles. The summed E-state index contributed by atoms with van der Waals surface area (Å²) in [5.74, 6) is 1.17. The van der Waals surface area contributed by atoms with Gasteiger partial charge in [0.25, 0.3) is 0 Å². The van der Waals surface area contributed by atoms with Crippen LogP contribution in [-0.4, -0.2) is 15.6 Å². The maximum Gasteiger partial charge on any atom is 0.189 e. The van der Waals surface area contributed by atoms with Crippen molar-refractivity contribution in [1.82, 2.24) is 9.78 Å². The SMILES string of the molecule is CCn1cc(C(=O)C=Cc2ccc(-c3ccccc3Cl)o2)c(C)n1. The molecule has 2 aromatic heterocycles. The predicted molar refractivity (Wildman–Crippen MR) is 95.2 cm³/mol. The Morgan fingerprint density at radius 1 is 1.29 bits per heavy atom. The maximum absolute atomic E-state index is 12.3. The molecule has 4 nitrogen and oxygen atoms in total. The highest BCUT2D eigenvalue weighted by Gasteiger charge is 2.11. The van der Waals surface area contributed by atoms with Crippen LogP contribution in [0.3, 0.4) is 0 Å². The molecule has 0 aliphatic carbocycles. The van der Waals surface area contributed by atoms with Crippen LogP contribution in [0.1, 0.15) is 28.7 Å². The standard InChI is InChI=1S/C19H17ClN2O2/c1-3-22-12-16(13(2)21-22)18(23)10-8-14-9-11-19(24-14)15-6-4-5-7-17(15)20/h4-12H,3H2,1-2H3. The van der Waals surface area contributed by atoms with Gasteiger partial charge in [-0.05, 0) is 50.3 Å². The van der Waals surface area contributed by atoms with Gasteiger partial charge in [-0.1, -0.05) is 23.7 Å². The van der Waals surface area contributed by atoms with Crippen molar-refractivity contribution in [2.24, 2.45) is 0 Å². The first-order valence-corrected chi connectivity index (χ1v) is 8.07. The first kappa shape index (κ1) is 16.3. The van der Waals surface area contributed by atoms with Crippen molar-refractivity contribution >= 4 is 23.5 Å². The molecule has 0 aliphatic heterocycles. The lowest BCUT2D eigenvalue weighted by molar-refractivity contribution is 0.104. The maximum atomic E-state index is 12.3. The third-order valence-corrected chi connectivity index (χ3v) is 4.03. The Morgan fingerprint density at radius 2 is 2.08 bits per heavy atom. The molecule has 24 heavy (non-hydrogen) atoms. The number of ketones is 1. The average molecular weight is 341 g/mol. The molecule has 1 aromatic carbocycles. The van der Waals surface area contributed by atoms with E-state index < -0.39 is 0 Å². The van der Waals surface area contributed by atoms with Crippen molar-refractivity contribution in [3.63, 3.8) is 0 Å². The van der Waals surface area contributed by atoms with Gasteiger partial charge in [-0.3, -0.25) is 9.48 Å². The Balaban J connectivity index is 1.79. The Hall–Kier alpha value is -2.59. The van der Waals surface area contributed by atoms with Gasteiger partial charge in [0, 0.05) is 18.3 Å². The number of hydrogen-bond donors (Lipinski definition) is 0. The van der Waals surface area contributed by atoms with Crippen LogP contribution in [0.15, 0.2) is 53.1 Å². The molecule has 0 aliphatic rings. The Bertz CT molecular complexity index is 906. The Kier molecular flexibility index (Phi) is 4.67. The quantitative estimate of drug-likeness (QED) is 0.484. The van der Waals surface area contributed by atoms with E-state index in [1.807, 2.05) is 50.2 Å². The summed E-state index contributed by atoms with van der Waals surface area (Å²) in [6.07, 6.45) is 4.92. The lowest BCUT2D eigenvalue weighted by Crippen LogP contribution is -1.94. The van der Waals surface area contributed by atoms with Crippen molar-refractivity contribution < 1.29 is 9.21 Å². The van der Waals surface area contributed by atoms with Gasteiger partial charge in [0.05, 0.1) is 16.3 Å². The molecule has 0 fully saturated rings. The van der Waals surface area contributed by atoms with E-state index in [9.17, 15) is 4.79 Å². The molecule has 122 valence electrons. The number of furan rings is 1. The number of aryl methyl sites for hydroxylation is 2. The van der Waals surface area contributed by atoms with Gasteiger partial charge in [0.15, 0.2) is 5.78 Å². The summed E-state index contributed by atoms with van der Waals surface area (Å²) in [6.45, 7) is 4.54. The van der Waals surface area contributed by atoms with Gasteiger partial charge < -0.3 is 4.42 Å². The van der Waals surface area contributed by atoms with Crippen LogP contribution in [0.5, 0.6) is 0 Å². The number of allylic oxidation sites excluding steroid dienone is 1. The second kappa shape index (κ2) is 6.89. The van der Waals surface area contributed by atoms with Gasteiger partial charge >= 0.3 is 0 Å². The molecule has 5 heteroatoms. The number of halogens is 1. The lowest BCUT2D eigenvalue weighted by atomic mass is 10.1. The second-order valence-corrected chi connectivity index (χ2v) is 5.77. The van der Waals surface area contributed by atoms with Crippen LogP contribution < -0.4 is 0 Å². The van der Waals surface area contributed by atoms with Crippen LogP contribution in [-0.2, 0) is 6.54 Å². The van der Waals surface area contributed by atoms with Crippen molar-refractivity contribution in [3.8, 4) is 11.3 Å². The first-order chi connectivity index (χ1) is 11.6. The summed E-state index contributed by atoms with van der Waals surface area (Å²) >= 11 is 6.17. The lowest BCUT2D eigenvalue weighted by Gasteiger charge is -1.98. The van der Waals surface area contributed by atoms with Crippen LogP contribution in [0.2, 0.25) is 5.02 Å². The van der Waals surface area contributed by atoms with Crippen molar-refractivity contribution in [2.75, 3.05) is 0 Å². The summed E-state index contributed by atoms with van der Waals surface area (Å²) in [7, 11) is 0. The summed E-state index contributed by atoms with van der Waals surface area (Å²) in [4.78, 5) is 12.3. The van der Waals surface area contributed by atoms with Gasteiger partial charge in [-0.2, -0.15) is 5.10 Å². The van der Waals surface area contributed by atoms with Crippen LogP contribution >= 0.6 is 11.6 Å². The van der Waals surface area contributed by atoms with E-state index in [1.165, 1.54) is 6.08 Å². The van der Waals surface area contributed by atoms with Crippen LogP contribution in [0.4, 0.5) is 0 Å². The molecule has 3 rings (SSSR count). The molecule has 0 radical (unpaired) electrons. The minimum atomic E-state index is -0.0945. The molecule has 0 atom stereocenters. The van der Waals surface area contributed by atoms with Crippen LogP contribution in [0, 0.1) is 6.92 Å². The fourth-order valence-electron chi connectivity index (χ4n) is 2.42. The zero-order chi connectivity index (χ0) is 17.1. The number of carbonyl (C=O) groups is 1. The van der Waals surface area contributed by atoms with Gasteiger partial charge in [-0.25, -0.2) is 0 Å². The smallest absolute Gasteiger partial charge is 0.189 e.